The fraction of sp³-hybridized carbons (Fsp3) is 0.500. The third-order valence-corrected chi connectivity index (χ3v) is 2.84. The van der Waals surface area contributed by atoms with E-state index in [0.717, 1.165) is 0 Å². The fourth-order valence-electron chi connectivity index (χ4n) is 0.892. The SMILES string of the molecule is CSC(C)CNC(=O)c1cn[nH]c1N. The molecule has 4 N–H and O–H groups in total. The number of H-pyrrole nitrogens is 1. The molecule has 0 fully saturated rings. The van der Waals surface area contributed by atoms with Crippen LogP contribution in [0.5, 0.6) is 0 Å². The first-order chi connectivity index (χ1) is 6.65. The maximum atomic E-state index is 11.5. The molecule has 1 atom stereocenters. The van der Waals surface area contributed by atoms with Gasteiger partial charge in [-0.3, -0.25) is 9.89 Å². The molecule has 0 bridgehead atoms. The predicted molar refractivity (Wildman–Crippen MR) is 58.3 cm³/mol. The minimum absolute atomic E-state index is 0.183. The van der Waals surface area contributed by atoms with E-state index < -0.39 is 0 Å². The van der Waals surface area contributed by atoms with E-state index in [1.54, 1.807) is 11.8 Å². The van der Waals surface area contributed by atoms with Crippen LogP contribution >= 0.6 is 11.8 Å². The molecular formula is C8H14N4OS. The van der Waals surface area contributed by atoms with Gasteiger partial charge in [0.05, 0.1) is 6.20 Å². The highest BCUT2D eigenvalue weighted by Gasteiger charge is 2.11. The molecule has 0 spiro atoms. The number of nitrogen functional groups attached to an aromatic ring is 1. The zero-order chi connectivity index (χ0) is 10.6. The lowest BCUT2D eigenvalue weighted by Gasteiger charge is -2.08. The van der Waals surface area contributed by atoms with Crippen molar-refractivity contribution in [1.82, 2.24) is 15.5 Å². The van der Waals surface area contributed by atoms with E-state index in [2.05, 4.69) is 15.5 Å². The van der Waals surface area contributed by atoms with Crippen LogP contribution in [0, 0.1) is 0 Å². The zero-order valence-corrected chi connectivity index (χ0v) is 9.02. The van der Waals surface area contributed by atoms with E-state index in [9.17, 15) is 4.79 Å². The Bertz CT molecular complexity index is 312. The van der Waals surface area contributed by atoms with Crippen molar-refractivity contribution < 1.29 is 4.79 Å². The second kappa shape index (κ2) is 4.90. The third kappa shape index (κ3) is 2.66. The van der Waals surface area contributed by atoms with Crippen LogP contribution in [0.15, 0.2) is 6.20 Å². The van der Waals surface area contributed by atoms with Crippen molar-refractivity contribution >= 4 is 23.5 Å². The van der Waals surface area contributed by atoms with Gasteiger partial charge < -0.3 is 11.1 Å². The Hall–Kier alpha value is -1.17. The number of amides is 1. The average molecular weight is 214 g/mol. The van der Waals surface area contributed by atoms with E-state index in [1.807, 2.05) is 13.2 Å². The first-order valence-electron chi connectivity index (χ1n) is 4.25. The Labute approximate surface area is 86.8 Å². The van der Waals surface area contributed by atoms with Gasteiger partial charge >= 0.3 is 0 Å². The highest BCUT2D eigenvalue weighted by molar-refractivity contribution is 7.99. The molecule has 1 rings (SSSR count). The van der Waals surface area contributed by atoms with E-state index >= 15 is 0 Å². The summed E-state index contributed by atoms with van der Waals surface area (Å²) < 4.78 is 0. The van der Waals surface area contributed by atoms with Gasteiger partial charge in [-0.15, -0.1) is 0 Å². The average Bonchev–Trinajstić information content (AvgIpc) is 2.60. The number of carbonyl (C=O) groups is 1. The van der Waals surface area contributed by atoms with Gasteiger partial charge in [0.1, 0.15) is 11.4 Å². The van der Waals surface area contributed by atoms with Gasteiger partial charge in [0.25, 0.3) is 5.91 Å². The van der Waals surface area contributed by atoms with Crippen LogP contribution in [0.2, 0.25) is 0 Å². The van der Waals surface area contributed by atoms with Gasteiger partial charge in [0, 0.05) is 11.8 Å². The highest BCUT2D eigenvalue weighted by Crippen LogP contribution is 2.07. The fourth-order valence-corrected chi connectivity index (χ4v) is 1.14. The van der Waals surface area contributed by atoms with Crippen molar-refractivity contribution in [2.75, 3.05) is 18.5 Å². The summed E-state index contributed by atoms with van der Waals surface area (Å²) in [6, 6.07) is 0. The minimum Gasteiger partial charge on any atom is -0.383 e. The molecule has 0 saturated heterocycles. The first kappa shape index (κ1) is 10.9. The molecule has 0 aromatic carbocycles. The summed E-state index contributed by atoms with van der Waals surface area (Å²) >= 11 is 1.70. The van der Waals surface area contributed by atoms with E-state index in [4.69, 9.17) is 5.73 Å². The van der Waals surface area contributed by atoms with Crippen molar-refractivity contribution in [3.8, 4) is 0 Å². The van der Waals surface area contributed by atoms with Crippen molar-refractivity contribution in [2.24, 2.45) is 0 Å². The summed E-state index contributed by atoms with van der Waals surface area (Å²) in [6.45, 7) is 2.67. The smallest absolute Gasteiger partial charge is 0.256 e. The normalized spacial score (nSPS) is 12.4. The van der Waals surface area contributed by atoms with Crippen molar-refractivity contribution in [2.45, 2.75) is 12.2 Å². The number of nitrogens with zero attached hydrogens (tertiary/aromatic N) is 1. The second-order valence-corrected chi connectivity index (χ2v) is 4.23. The predicted octanol–water partition coefficient (Wildman–Crippen LogP) is 0.473. The molecular weight excluding hydrogens is 200 g/mol. The first-order valence-corrected chi connectivity index (χ1v) is 5.53. The van der Waals surface area contributed by atoms with Gasteiger partial charge in [-0.25, -0.2) is 0 Å². The monoisotopic (exact) mass is 214 g/mol. The van der Waals surface area contributed by atoms with Crippen molar-refractivity contribution in [1.29, 1.82) is 0 Å². The van der Waals surface area contributed by atoms with Crippen molar-refractivity contribution in [3.63, 3.8) is 0 Å². The molecule has 1 aromatic heterocycles. The van der Waals surface area contributed by atoms with Crippen molar-refractivity contribution in [3.05, 3.63) is 11.8 Å². The largest absolute Gasteiger partial charge is 0.383 e. The Kier molecular flexibility index (Phi) is 3.82. The quantitative estimate of drug-likeness (QED) is 0.680. The summed E-state index contributed by atoms with van der Waals surface area (Å²) in [5.41, 5.74) is 5.90. The Morgan fingerprint density at radius 2 is 2.57 bits per heavy atom. The van der Waals surface area contributed by atoms with Crippen LogP contribution in [0.25, 0.3) is 0 Å². The molecule has 0 radical (unpaired) electrons. The van der Waals surface area contributed by atoms with Crippen LogP contribution in [0.3, 0.4) is 0 Å². The number of thioether (sulfide) groups is 1. The molecule has 1 unspecified atom stereocenters. The lowest BCUT2D eigenvalue weighted by molar-refractivity contribution is 0.0955. The number of nitrogens with two attached hydrogens (primary N) is 1. The number of aromatic nitrogens is 2. The Balaban J connectivity index is 2.47. The molecule has 6 heteroatoms. The van der Waals surface area contributed by atoms with Gasteiger partial charge in [-0.2, -0.15) is 16.9 Å². The van der Waals surface area contributed by atoms with Gasteiger partial charge in [0.15, 0.2) is 0 Å². The summed E-state index contributed by atoms with van der Waals surface area (Å²) in [5, 5.41) is 9.36. The maximum Gasteiger partial charge on any atom is 0.256 e. The number of nitrogens with one attached hydrogen (secondary N) is 2. The molecule has 5 nitrogen and oxygen atoms in total. The van der Waals surface area contributed by atoms with E-state index in [0.29, 0.717) is 23.2 Å². The molecule has 0 aliphatic rings. The zero-order valence-electron chi connectivity index (χ0n) is 8.20. The van der Waals surface area contributed by atoms with Crippen LogP contribution in [0.1, 0.15) is 17.3 Å². The van der Waals surface area contributed by atoms with E-state index in [-0.39, 0.29) is 5.91 Å². The number of aromatic amines is 1. The van der Waals surface area contributed by atoms with Gasteiger partial charge in [-0.05, 0) is 6.26 Å². The molecule has 0 aliphatic carbocycles. The van der Waals surface area contributed by atoms with Gasteiger partial charge in [-0.1, -0.05) is 6.92 Å². The van der Waals surface area contributed by atoms with Crippen LogP contribution in [-0.2, 0) is 0 Å². The standard InChI is InChI=1S/C8H14N4OS/c1-5(14-2)3-10-8(13)6-4-11-12-7(6)9/h4-5H,3H2,1-2H3,(H,10,13)(H3,9,11,12). The summed E-state index contributed by atoms with van der Waals surface area (Å²) in [6.07, 6.45) is 3.43. The molecule has 1 amide bonds. The number of rotatable bonds is 4. The number of hydrogen-bond acceptors (Lipinski definition) is 4. The topological polar surface area (TPSA) is 83.8 Å². The molecule has 0 saturated carbocycles. The minimum atomic E-state index is -0.183. The summed E-state index contributed by atoms with van der Waals surface area (Å²) in [7, 11) is 0. The molecule has 1 heterocycles. The van der Waals surface area contributed by atoms with Gasteiger partial charge in [0.2, 0.25) is 0 Å². The lowest BCUT2D eigenvalue weighted by Crippen LogP contribution is -2.29. The highest BCUT2D eigenvalue weighted by atomic mass is 32.2. The molecule has 1 aromatic rings. The summed E-state index contributed by atoms with van der Waals surface area (Å²) in [5.74, 6) is 0.122. The van der Waals surface area contributed by atoms with Crippen LogP contribution in [0.4, 0.5) is 5.82 Å². The second-order valence-electron chi connectivity index (χ2n) is 2.95. The molecule has 78 valence electrons. The number of hydrogen-bond donors (Lipinski definition) is 3. The number of anilines is 1. The van der Waals surface area contributed by atoms with Crippen LogP contribution < -0.4 is 11.1 Å². The summed E-state index contributed by atoms with van der Waals surface area (Å²) in [4.78, 5) is 11.5. The third-order valence-electron chi connectivity index (χ3n) is 1.87. The Morgan fingerprint density at radius 3 is 3.07 bits per heavy atom. The lowest BCUT2D eigenvalue weighted by atomic mass is 10.3. The maximum absolute atomic E-state index is 11.5. The molecule has 14 heavy (non-hydrogen) atoms. The Morgan fingerprint density at radius 1 is 1.86 bits per heavy atom. The molecule has 0 aliphatic heterocycles. The van der Waals surface area contributed by atoms with Crippen LogP contribution in [-0.4, -0.2) is 34.2 Å². The number of carbonyl (C=O) groups excluding carboxylic acids is 1. The van der Waals surface area contributed by atoms with E-state index in [1.165, 1.54) is 6.20 Å².